The number of nitrogens with zero attached hydrogens (tertiary/aromatic N) is 3. The van der Waals surface area contributed by atoms with Gasteiger partial charge in [-0.05, 0) is 11.4 Å². The SMILES string of the molecule is OCc1nnn2c1COC(c1cccs1)C2. The molecule has 2 aromatic heterocycles. The number of hydrogen-bond acceptors (Lipinski definition) is 5. The van der Waals surface area contributed by atoms with Crippen molar-refractivity contribution in [2.45, 2.75) is 25.9 Å². The quantitative estimate of drug-likeness (QED) is 0.849. The van der Waals surface area contributed by atoms with E-state index in [1.54, 1.807) is 11.3 Å². The molecule has 1 unspecified atom stereocenters. The lowest BCUT2D eigenvalue weighted by Crippen LogP contribution is -2.21. The molecule has 3 heterocycles. The van der Waals surface area contributed by atoms with Crippen molar-refractivity contribution in [2.24, 2.45) is 0 Å². The Balaban J connectivity index is 1.87. The minimum atomic E-state index is -0.0810. The summed E-state index contributed by atoms with van der Waals surface area (Å²) in [4.78, 5) is 1.20. The molecular weight excluding hydrogens is 226 g/mol. The van der Waals surface area contributed by atoms with Gasteiger partial charge in [0.1, 0.15) is 11.8 Å². The first-order valence-electron chi connectivity index (χ1n) is 5.05. The van der Waals surface area contributed by atoms with Crippen LogP contribution < -0.4 is 0 Å². The molecule has 0 aliphatic carbocycles. The summed E-state index contributed by atoms with van der Waals surface area (Å²) in [6.07, 6.45) is 0.0562. The van der Waals surface area contributed by atoms with Gasteiger partial charge >= 0.3 is 0 Å². The first-order chi connectivity index (χ1) is 7.88. The van der Waals surface area contributed by atoms with Crippen LogP contribution in [0.2, 0.25) is 0 Å². The number of thiophene rings is 1. The molecule has 0 amide bonds. The molecule has 6 heteroatoms. The predicted octanol–water partition coefficient (Wildman–Crippen LogP) is 1.10. The summed E-state index contributed by atoms with van der Waals surface area (Å²) in [6.45, 7) is 1.05. The zero-order chi connectivity index (χ0) is 11.0. The Labute approximate surface area is 96.3 Å². The third-order valence-electron chi connectivity index (χ3n) is 2.69. The average Bonchev–Trinajstić information content (AvgIpc) is 2.97. The van der Waals surface area contributed by atoms with Crippen molar-refractivity contribution in [3.8, 4) is 0 Å². The minimum Gasteiger partial charge on any atom is -0.390 e. The minimum absolute atomic E-state index is 0.0562. The lowest BCUT2D eigenvalue weighted by molar-refractivity contribution is -0.000105. The monoisotopic (exact) mass is 237 g/mol. The van der Waals surface area contributed by atoms with E-state index in [9.17, 15) is 0 Å². The lowest BCUT2D eigenvalue weighted by atomic mass is 10.2. The maximum Gasteiger partial charge on any atom is 0.114 e. The van der Waals surface area contributed by atoms with Gasteiger partial charge in [-0.3, -0.25) is 0 Å². The van der Waals surface area contributed by atoms with Gasteiger partial charge in [-0.1, -0.05) is 11.3 Å². The normalized spacial score (nSPS) is 19.7. The van der Waals surface area contributed by atoms with Crippen molar-refractivity contribution in [2.75, 3.05) is 0 Å². The molecule has 0 fully saturated rings. The maximum absolute atomic E-state index is 9.06. The van der Waals surface area contributed by atoms with Gasteiger partial charge in [0, 0.05) is 4.88 Å². The van der Waals surface area contributed by atoms with Gasteiger partial charge in [0.05, 0.1) is 25.5 Å². The highest BCUT2D eigenvalue weighted by atomic mass is 32.1. The first kappa shape index (κ1) is 9.95. The number of ether oxygens (including phenoxy) is 1. The molecule has 0 aromatic carbocycles. The van der Waals surface area contributed by atoms with Gasteiger partial charge in [-0.2, -0.15) is 0 Å². The molecular formula is C10H11N3O2S. The van der Waals surface area contributed by atoms with Crippen molar-refractivity contribution in [3.05, 3.63) is 33.8 Å². The maximum atomic E-state index is 9.06. The molecule has 0 saturated heterocycles. The van der Waals surface area contributed by atoms with E-state index in [-0.39, 0.29) is 12.7 Å². The van der Waals surface area contributed by atoms with Crippen LogP contribution >= 0.6 is 11.3 Å². The van der Waals surface area contributed by atoms with Crippen LogP contribution in [0.25, 0.3) is 0 Å². The lowest BCUT2D eigenvalue weighted by Gasteiger charge is -2.22. The van der Waals surface area contributed by atoms with Crippen LogP contribution in [0, 0.1) is 0 Å². The summed E-state index contributed by atoms with van der Waals surface area (Å²) < 4.78 is 7.57. The second-order valence-corrected chi connectivity index (χ2v) is 4.62. The molecule has 1 atom stereocenters. The number of aromatic nitrogens is 3. The van der Waals surface area contributed by atoms with Gasteiger partial charge in [0.2, 0.25) is 0 Å². The standard InChI is InChI=1S/C10H11N3O2S/c14-5-7-8-6-15-9(4-13(8)12-11-7)10-2-1-3-16-10/h1-3,9,14H,4-6H2. The third kappa shape index (κ3) is 1.55. The molecule has 2 aromatic rings. The Morgan fingerprint density at radius 2 is 2.56 bits per heavy atom. The fraction of sp³-hybridized carbons (Fsp3) is 0.400. The smallest absolute Gasteiger partial charge is 0.114 e. The van der Waals surface area contributed by atoms with E-state index >= 15 is 0 Å². The van der Waals surface area contributed by atoms with Crippen molar-refractivity contribution in [1.82, 2.24) is 15.0 Å². The first-order valence-corrected chi connectivity index (χ1v) is 5.93. The molecule has 0 saturated carbocycles. The highest BCUT2D eigenvalue weighted by Gasteiger charge is 2.24. The molecule has 0 radical (unpaired) electrons. The van der Waals surface area contributed by atoms with Crippen LogP contribution in [0.4, 0.5) is 0 Å². The van der Waals surface area contributed by atoms with E-state index in [1.807, 2.05) is 16.1 Å². The molecule has 3 rings (SSSR count). The van der Waals surface area contributed by atoms with E-state index < -0.39 is 0 Å². The van der Waals surface area contributed by atoms with Gasteiger partial charge in [0.15, 0.2) is 0 Å². The van der Waals surface area contributed by atoms with Gasteiger partial charge < -0.3 is 9.84 Å². The van der Waals surface area contributed by atoms with E-state index in [4.69, 9.17) is 9.84 Å². The van der Waals surface area contributed by atoms with Crippen LogP contribution in [-0.2, 0) is 24.5 Å². The van der Waals surface area contributed by atoms with Crippen molar-refractivity contribution >= 4 is 11.3 Å². The Morgan fingerprint density at radius 3 is 3.31 bits per heavy atom. The molecule has 1 N–H and O–H groups in total. The largest absolute Gasteiger partial charge is 0.390 e. The van der Waals surface area contributed by atoms with E-state index in [0.717, 1.165) is 5.69 Å². The van der Waals surface area contributed by atoms with E-state index in [0.29, 0.717) is 18.8 Å². The van der Waals surface area contributed by atoms with Gasteiger partial charge in [-0.25, -0.2) is 4.68 Å². The zero-order valence-electron chi connectivity index (χ0n) is 8.54. The topological polar surface area (TPSA) is 60.2 Å². The number of aliphatic hydroxyl groups excluding tert-OH is 1. The number of fused-ring (bicyclic) bond motifs is 1. The predicted molar refractivity (Wildman–Crippen MR) is 57.8 cm³/mol. The highest BCUT2D eigenvalue weighted by Crippen LogP contribution is 2.29. The van der Waals surface area contributed by atoms with Crippen LogP contribution in [0.5, 0.6) is 0 Å². The molecule has 1 aliphatic heterocycles. The average molecular weight is 237 g/mol. The number of hydrogen-bond donors (Lipinski definition) is 1. The number of aliphatic hydroxyl groups is 1. The van der Waals surface area contributed by atoms with Crippen LogP contribution in [0.1, 0.15) is 22.4 Å². The fourth-order valence-corrected chi connectivity index (χ4v) is 2.60. The summed E-state index contributed by atoms with van der Waals surface area (Å²) in [6, 6.07) is 4.07. The number of rotatable bonds is 2. The van der Waals surface area contributed by atoms with Gasteiger partial charge in [-0.15, -0.1) is 16.4 Å². The Hall–Kier alpha value is -1.24. The van der Waals surface area contributed by atoms with E-state index in [2.05, 4.69) is 16.4 Å². The Morgan fingerprint density at radius 1 is 1.62 bits per heavy atom. The zero-order valence-corrected chi connectivity index (χ0v) is 9.35. The molecule has 5 nitrogen and oxygen atoms in total. The molecule has 0 spiro atoms. The van der Waals surface area contributed by atoms with Crippen molar-refractivity contribution in [3.63, 3.8) is 0 Å². The van der Waals surface area contributed by atoms with Crippen LogP contribution in [0.15, 0.2) is 17.5 Å². The van der Waals surface area contributed by atoms with Crippen LogP contribution in [0.3, 0.4) is 0 Å². The fourth-order valence-electron chi connectivity index (χ4n) is 1.83. The van der Waals surface area contributed by atoms with E-state index in [1.165, 1.54) is 4.88 Å². The third-order valence-corrected chi connectivity index (χ3v) is 3.65. The summed E-state index contributed by atoms with van der Waals surface area (Å²) in [5, 5.41) is 19.0. The van der Waals surface area contributed by atoms with Crippen molar-refractivity contribution < 1.29 is 9.84 Å². The van der Waals surface area contributed by atoms with Gasteiger partial charge in [0.25, 0.3) is 0 Å². The summed E-state index contributed by atoms with van der Waals surface area (Å²) >= 11 is 1.68. The van der Waals surface area contributed by atoms with Crippen LogP contribution in [-0.4, -0.2) is 20.1 Å². The summed E-state index contributed by atoms with van der Waals surface area (Å²) in [5.74, 6) is 0. The summed E-state index contributed by atoms with van der Waals surface area (Å²) in [5.41, 5.74) is 1.50. The molecule has 0 bridgehead atoms. The second-order valence-electron chi connectivity index (χ2n) is 3.64. The molecule has 1 aliphatic rings. The highest BCUT2D eigenvalue weighted by molar-refractivity contribution is 7.10. The summed E-state index contributed by atoms with van der Waals surface area (Å²) in [7, 11) is 0. The molecule has 84 valence electrons. The molecule has 16 heavy (non-hydrogen) atoms. The second kappa shape index (κ2) is 3.97. The Bertz CT molecular complexity index is 480. The Kier molecular flexibility index (Phi) is 2.47. The van der Waals surface area contributed by atoms with Crippen molar-refractivity contribution in [1.29, 1.82) is 0 Å².